The van der Waals surface area contributed by atoms with Crippen LogP contribution < -0.4 is 0 Å². The molecular weight excluding hydrogens is 248 g/mol. The van der Waals surface area contributed by atoms with Crippen molar-refractivity contribution in [1.82, 2.24) is 0 Å². The number of carbonyl (C=O) groups excluding carboxylic acids is 1. The van der Waals surface area contributed by atoms with E-state index in [0.29, 0.717) is 12.4 Å². The van der Waals surface area contributed by atoms with Crippen molar-refractivity contribution in [3.8, 4) is 0 Å². The average molecular weight is 268 g/mol. The Hall–Kier alpha value is -1.16. The van der Waals surface area contributed by atoms with E-state index in [-0.39, 0.29) is 17.8 Å². The van der Waals surface area contributed by atoms with E-state index in [1.807, 2.05) is 44.2 Å². The monoisotopic (exact) mass is 268 g/mol. The molecule has 0 fully saturated rings. The summed E-state index contributed by atoms with van der Waals surface area (Å²) in [7, 11) is -0.948. The first-order valence-electron chi connectivity index (χ1n) is 5.93. The Balaban J connectivity index is 2.47. The summed E-state index contributed by atoms with van der Waals surface area (Å²) in [5.74, 6) is 0.0825. The molecule has 0 aliphatic rings. The largest absolute Gasteiger partial charge is 0.465 e. The second-order valence-electron chi connectivity index (χ2n) is 4.94. The van der Waals surface area contributed by atoms with Gasteiger partial charge in [-0.1, -0.05) is 44.2 Å². The highest BCUT2D eigenvalue weighted by molar-refractivity contribution is 7.84. The summed E-state index contributed by atoms with van der Waals surface area (Å²) in [5.41, 5.74) is 0.930. The highest BCUT2D eigenvalue weighted by atomic mass is 32.2. The lowest BCUT2D eigenvalue weighted by atomic mass is 9.86. The molecule has 0 N–H and O–H groups in total. The zero-order chi connectivity index (χ0) is 13.6. The van der Waals surface area contributed by atoms with Crippen LogP contribution in [-0.4, -0.2) is 28.8 Å². The summed E-state index contributed by atoms with van der Waals surface area (Å²) in [6.07, 6.45) is 1.80. The van der Waals surface area contributed by atoms with Gasteiger partial charge in [0.1, 0.15) is 6.61 Å². The number of ether oxygens (including phenoxy) is 1. The molecule has 18 heavy (non-hydrogen) atoms. The van der Waals surface area contributed by atoms with E-state index in [4.69, 9.17) is 4.74 Å². The van der Waals surface area contributed by atoms with Crippen molar-refractivity contribution in [2.75, 3.05) is 18.6 Å². The van der Waals surface area contributed by atoms with Crippen molar-refractivity contribution < 1.29 is 13.7 Å². The zero-order valence-electron chi connectivity index (χ0n) is 11.1. The highest BCUT2D eigenvalue weighted by Crippen LogP contribution is 2.23. The predicted octanol–water partition coefficient (Wildman–Crippen LogP) is 2.28. The van der Waals surface area contributed by atoms with Gasteiger partial charge >= 0.3 is 5.97 Å². The molecule has 0 radical (unpaired) electrons. The number of hydrogen-bond donors (Lipinski definition) is 0. The smallest absolute Gasteiger partial charge is 0.306 e. The molecule has 0 aromatic heterocycles. The van der Waals surface area contributed by atoms with Crippen molar-refractivity contribution in [2.24, 2.45) is 0 Å². The van der Waals surface area contributed by atoms with Gasteiger partial charge in [-0.3, -0.25) is 9.00 Å². The minimum absolute atomic E-state index is 0.206. The fourth-order valence-corrected chi connectivity index (χ4v) is 1.99. The van der Waals surface area contributed by atoms with Gasteiger partial charge < -0.3 is 4.74 Å². The average Bonchev–Trinajstić information content (AvgIpc) is 2.35. The third kappa shape index (κ3) is 5.00. The van der Waals surface area contributed by atoms with Gasteiger partial charge in [0.25, 0.3) is 0 Å². The van der Waals surface area contributed by atoms with Crippen LogP contribution in [0.4, 0.5) is 0 Å². The molecule has 1 unspecified atom stereocenters. The van der Waals surface area contributed by atoms with Crippen LogP contribution in [0.3, 0.4) is 0 Å². The van der Waals surface area contributed by atoms with Crippen LogP contribution in [-0.2, 0) is 25.7 Å². The summed E-state index contributed by atoms with van der Waals surface area (Å²) in [5, 5.41) is 0. The fraction of sp³-hybridized carbons (Fsp3) is 0.500. The first-order valence-corrected chi connectivity index (χ1v) is 7.66. The maximum Gasteiger partial charge on any atom is 0.306 e. The van der Waals surface area contributed by atoms with E-state index in [9.17, 15) is 9.00 Å². The third-order valence-corrected chi connectivity index (χ3v) is 3.52. The molecule has 100 valence electrons. The molecule has 0 heterocycles. The van der Waals surface area contributed by atoms with E-state index in [2.05, 4.69) is 0 Å². The lowest BCUT2D eigenvalue weighted by molar-refractivity contribution is -0.144. The van der Waals surface area contributed by atoms with E-state index in [1.54, 1.807) is 6.26 Å². The number of esters is 1. The van der Waals surface area contributed by atoms with Gasteiger partial charge in [-0.05, 0) is 5.56 Å². The maximum absolute atomic E-state index is 11.5. The molecule has 3 nitrogen and oxygen atoms in total. The Morgan fingerprint density at radius 3 is 2.44 bits per heavy atom. The molecule has 1 rings (SSSR count). The van der Waals surface area contributed by atoms with Gasteiger partial charge in [0.15, 0.2) is 0 Å². The number of rotatable bonds is 6. The molecular formula is C14H20O3S. The van der Waals surface area contributed by atoms with Gasteiger partial charge in [-0.15, -0.1) is 0 Å². The fourth-order valence-electron chi connectivity index (χ4n) is 1.53. The molecule has 1 atom stereocenters. The lowest BCUT2D eigenvalue weighted by Gasteiger charge is -2.24. The molecule has 0 amide bonds. The molecule has 0 spiro atoms. The van der Waals surface area contributed by atoms with Crippen molar-refractivity contribution >= 4 is 16.8 Å². The molecule has 0 saturated heterocycles. The standard InChI is InChI=1S/C14H20O3S/c1-14(2,12-7-5-4-6-8-12)11-17-13(15)9-10-18(3)16/h4-8H,9-11H2,1-3H3. The highest BCUT2D eigenvalue weighted by Gasteiger charge is 2.22. The predicted molar refractivity (Wildman–Crippen MR) is 74.0 cm³/mol. The summed E-state index contributed by atoms with van der Waals surface area (Å²) in [4.78, 5) is 11.5. The van der Waals surface area contributed by atoms with E-state index < -0.39 is 10.8 Å². The Bertz CT molecular complexity index is 412. The Morgan fingerprint density at radius 1 is 1.28 bits per heavy atom. The zero-order valence-corrected chi connectivity index (χ0v) is 12.0. The SMILES string of the molecule is CS(=O)CCC(=O)OCC(C)(C)c1ccccc1. The van der Waals surface area contributed by atoms with Crippen LogP contribution in [0.5, 0.6) is 0 Å². The van der Waals surface area contributed by atoms with Crippen LogP contribution in [0.15, 0.2) is 30.3 Å². The minimum atomic E-state index is -0.948. The molecule has 0 saturated carbocycles. The second-order valence-corrected chi connectivity index (χ2v) is 6.49. The van der Waals surface area contributed by atoms with Gasteiger partial charge in [-0.25, -0.2) is 0 Å². The summed E-state index contributed by atoms with van der Waals surface area (Å²) < 4.78 is 16.1. The summed E-state index contributed by atoms with van der Waals surface area (Å²) in [6.45, 7) is 4.41. The van der Waals surface area contributed by atoms with Crippen LogP contribution in [0, 0.1) is 0 Å². The van der Waals surface area contributed by atoms with Crippen molar-refractivity contribution in [1.29, 1.82) is 0 Å². The van der Waals surface area contributed by atoms with Crippen LogP contribution in [0.1, 0.15) is 25.8 Å². The molecule has 0 bridgehead atoms. The number of benzene rings is 1. The Morgan fingerprint density at radius 2 is 1.89 bits per heavy atom. The first-order chi connectivity index (χ1) is 8.42. The molecule has 0 aliphatic carbocycles. The molecule has 0 aliphatic heterocycles. The normalized spacial score (nSPS) is 13.1. The summed E-state index contributed by atoms with van der Waals surface area (Å²) in [6, 6.07) is 9.95. The Labute approximate surface area is 111 Å². The minimum Gasteiger partial charge on any atom is -0.465 e. The molecule has 1 aromatic rings. The van der Waals surface area contributed by atoms with Gasteiger partial charge in [0.2, 0.25) is 0 Å². The van der Waals surface area contributed by atoms with Gasteiger partial charge in [0, 0.05) is 28.2 Å². The first kappa shape index (κ1) is 14.9. The molecule has 4 heteroatoms. The van der Waals surface area contributed by atoms with Crippen LogP contribution >= 0.6 is 0 Å². The van der Waals surface area contributed by atoms with Crippen molar-refractivity contribution in [2.45, 2.75) is 25.7 Å². The van der Waals surface area contributed by atoms with Crippen LogP contribution in [0.2, 0.25) is 0 Å². The van der Waals surface area contributed by atoms with Crippen LogP contribution in [0.25, 0.3) is 0 Å². The van der Waals surface area contributed by atoms with Gasteiger partial charge in [-0.2, -0.15) is 0 Å². The topological polar surface area (TPSA) is 43.4 Å². The van der Waals surface area contributed by atoms with E-state index >= 15 is 0 Å². The maximum atomic E-state index is 11.5. The quantitative estimate of drug-likeness (QED) is 0.743. The van der Waals surface area contributed by atoms with Gasteiger partial charge in [0.05, 0.1) is 6.42 Å². The Kier molecular flexibility index (Phi) is 5.54. The third-order valence-electron chi connectivity index (χ3n) is 2.74. The van der Waals surface area contributed by atoms with E-state index in [0.717, 1.165) is 5.56 Å². The second kappa shape index (κ2) is 6.69. The lowest BCUT2D eigenvalue weighted by Crippen LogP contribution is -2.26. The van der Waals surface area contributed by atoms with Crippen molar-refractivity contribution in [3.05, 3.63) is 35.9 Å². The molecule has 1 aromatic carbocycles. The number of hydrogen-bond acceptors (Lipinski definition) is 3. The van der Waals surface area contributed by atoms with E-state index in [1.165, 1.54) is 0 Å². The number of carbonyl (C=O) groups is 1. The van der Waals surface area contributed by atoms with Crippen molar-refractivity contribution in [3.63, 3.8) is 0 Å². The summed E-state index contributed by atoms with van der Waals surface area (Å²) >= 11 is 0.